The summed E-state index contributed by atoms with van der Waals surface area (Å²) in [6, 6.07) is 0. The molecular formula is C6H6ClIN2O2. The molecule has 6 heteroatoms. The Morgan fingerprint density at radius 2 is 2.25 bits per heavy atom. The second kappa shape index (κ2) is 4.08. The Balaban J connectivity index is 3.19. The lowest BCUT2D eigenvalue weighted by atomic mass is 10.3. The number of rotatable bonds is 2. The minimum atomic E-state index is -0.513. The molecule has 0 aromatic carbocycles. The third-order valence-corrected chi connectivity index (χ3v) is 3.11. The van der Waals surface area contributed by atoms with E-state index in [1.165, 1.54) is 6.20 Å². The van der Waals surface area contributed by atoms with Crippen LogP contribution in [0.25, 0.3) is 0 Å². The Bertz CT molecular complexity index is 372. The molecule has 0 amide bonds. The summed E-state index contributed by atoms with van der Waals surface area (Å²) in [5, 5.41) is -0.355. The van der Waals surface area contributed by atoms with Gasteiger partial charge in [-0.05, 0) is 0 Å². The molecule has 0 aliphatic rings. The summed E-state index contributed by atoms with van der Waals surface area (Å²) in [7, 11) is 0. The van der Waals surface area contributed by atoms with Crippen LogP contribution in [0.5, 0.6) is 0 Å². The molecule has 1 aromatic heterocycles. The zero-order valence-corrected chi connectivity index (χ0v) is 8.85. The van der Waals surface area contributed by atoms with Gasteiger partial charge in [-0.15, -0.1) is 11.6 Å². The van der Waals surface area contributed by atoms with Crippen molar-refractivity contribution >= 4 is 34.2 Å². The van der Waals surface area contributed by atoms with Gasteiger partial charge in [0.05, 0.1) is 10.9 Å². The predicted molar refractivity (Wildman–Crippen MR) is 55.2 cm³/mol. The van der Waals surface area contributed by atoms with E-state index in [0.717, 1.165) is 0 Å². The monoisotopic (exact) mass is 300 g/mol. The van der Waals surface area contributed by atoms with Gasteiger partial charge in [0.2, 0.25) is 0 Å². The number of aromatic amines is 2. The Morgan fingerprint density at radius 3 is 2.75 bits per heavy atom. The van der Waals surface area contributed by atoms with Gasteiger partial charge in [-0.3, -0.25) is 9.78 Å². The zero-order valence-electron chi connectivity index (χ0n) is 5.93. The van der Waals surface area contributed by atoms with Crippen molar-refractivity contribution in [3.8, 4) is 0 Å². The average molecular weight is 300 g/mol. The van der Waals surface area contributed by atoms with Gasteiger partial charge in [-0.1, -0.05) is 22.6 Å². The lowest BCUT2D eigenvalue weighted by molar-refractivity contribution is 0.954. The summed E-state index contributed by atoms with van der Waals surface area (Å²) in [4.78, 5) is 26.1. The molecule has 66 valence electrons. The van der Waals surface area contributed by atoms with Crippen molar-refractivity contribution in [1.29, 1.82) is 0 Å². The minimum Gasteiger partial charge on any atom is -0.314 e. The second-order valence-electron chi connectivity index (χ2n) is 2.15. The minimum absolute atomic E-state index is 0.355. The van der Waals surface area contributed by atoms with Crippen molar-refractivity contribution in [2.45, 2.75) is 5.38 Å². The summed E-state index contributed by atoms with van der Waals surface area (Å²) in [5.41, 5.74) is -0.540. The maximum absolute atomic E-state index is 11.1. The number of halogens is 2. The van der Waals surface area contributed by atoms with Crippen LogP contribution < -0.4 is 11.2 Å². The molecular weight excluding hydrogens is 294 g/mol. The number of H-pyrrole nitrogens is 2. The highest BCUT2D eigenvalue weighted by atomic mass is 127. The summed E-state index contributed by atoms with van der Waals surface area (Å²) >= 11 is 7.86. The summed E-state index contributed by atoms with van der Waals surface area (Å²) in [5.74, 6) is 0. The SMILES string of the molecule is O=c1[nH]cc(C(Cl)CI)c(=O)[nH]1. The number of aromatic nitrogens is 2. The first-order chi connectivity index (χ1) is 5.65. The van der Waals surface area contributed by atoms with E-state index in [4.69, 9.17) is 11.6 Å². The maximum Gasteiger partial charge on any atom is 0.325 e. The van der Waals surface area contributed by atoms with Gasteiger partial charge in [0, 0.05) is 10.6 Å². The largest absolute Gasteiger partial charge is 0.325 e. The van der Waals surface area contributed by atoms with Crippen molar-refractivity contribution in [2.75, 3.05) is 4.43 Å². The van der Waals surface area contributed by atoms with E-state index in [2.05, 4.69) is 32.6 Å². The third-order valence-electron chi connectivity index (χ3n) is 1.32. The van der Waals surface area contributed by atoms with Crippen LogP contribution in [0.3, 0.4) is 0 Å². The van der Waals surface area contributed by atoms with Gasteiger partial charge in [-0.25, -0.2) is 4.79 Å². The molecule has 1 atom stereocenters. The summed E-state index contributed by atoms with van der Waals surface area (Å²) in [6.45, 7) is 0. The van der Waals surface area contributed by atoms with Crippen LogP contribution in [0.4, 0.5) is 0 Å². The second-order valence-corrected chi connectivity index (χ2v) is 3.56. The first kappa shape index (κ1) is 9.79. The van der Waals surface area contributed by atoms with Crippen molar-refractivity contribution in [3.05, 3.63) is 32.6 Å². The lowest BCUT2D eigenvalue weighted by Crippen LogP contribution is -2.25. The first-order valence-corrected chi connectivity index (χ1v) is 5.13. The molecule has 4 nitrogen and oxygen atoms in total. The Labute approximate surface area is 86.5 Å². The van der Waals surface area contributed by atoms with E-state index < -0.39 is 11.2 Å². The van der Waals surface area contributed by atoms with E-state index in [9.17, 15) is 9.59 Å². The van der Waals surface area contributed by atoms with E-state index in [1.54, 1.807) is 0 Å². The Kier molecular flexibility index (Phi) is 3.33. The number of hydrogen-bond donors (Lipinski definition) is 2. The molecule has 0 spiro atoms. The fourth-order valence-corrected chi connectivity index (χ4v) is 1.37. The fourth-order valence-electron chi connectivity index (χ4n) is 0.736. The fraction of sp³-hybridized carbons (Fsp3) is 0.333. The molecule has 0 aliphatic carbocycles. The third kappa shape index (κ3) is 2.10. The maximum atomic E-state index is 11.1. The van der Waals surface area contributed by atoms with E-state index in [1.807, 2.05) is 0 Å². The normalized spacial score (nSPS) is 12.8. The summed E-state index contributed by atoms with van der Waals surface area (Å²) < 4.78 is 0.619. The number of alkyl halides is 2. The Hall–Kier alpha value is -0.300. The van der Waals surface area contributed by atoms with Crippen molar-refractivity contribution < 1.29 is 0 Å². The van der Waals surface area contributed by atoms with Crippen LogP contribution in [-0.2, 0) is 0 Å². The highest BCUT2D eigenvalue weighted by Gasteiger charge is 2.09. The molecule has 0 saturated carbocycles. The molecule has 0 saturated heterocycles. The number of nitrogens with one attached hydrogen (secondary N) is 2. The van der Waals surface area contributed by atoms with Gasteiger partial charge < -0.3 is 4.98 Å². The lowest BCUT2D eigenvalue weighted by Gasteiger charge is -2.01. The highest BCUT2D eigenvalue weighted by molar-refractivity contribution is 14.1. The molecule has 0 fully saturated rings. The Morgan fingerprint density at radius 1 is 1.58 bits per heavy atom. The summed E-state index contributed by atoms with van der Waals surface area (Å²) in [6.07, 6.45) is 1.34. The first-order valence-electron chi connectivity index (χ1n) is 3.17. The van der Waals surface area contributed by atoms with Gasteiger partial charge in [0.15, 0.2) is 0 Å². The van der Waals surface area contributed by atoms with E-state index in [-0.39, 0.29) is 5.38 Å². The van der Waals surface area contributed by atoms with Gasteiger partial charge in [-0.2, -0.15) is 0 Å². The van der Waals surface area contributed by atoms with Crippen molar-refractivity contribution in [1.82, 2.24) is 9.97 Å². The molecule has 0 bridgehead atoms. The average Bonchev–Trinajstić information content (AvgIpc) is 2.03. The molecule has 2 N–H and O–H groups in total. The van der Waals surface area contributed by atoms with E-state index >= 15 is 0 Å². The van der Waals surface area contributed by atoms with Crippen LogP contribution in [0, 0.1) is 0 Å². The topological polar surface area (TPSA) is 65.7 Å². The molecule has 1 unspecified atom stereocenters. The van der Waals surface area contributed by atoms with Crippen molar-refractivity contribution in [3.63, 3.8) is 0 Å². The predicted octanol–water partition coefficient (Wildman–Crippen LogP) is 0.778. The van der Waals surface area contributed by atoms with Gasteiger partial charge >= 0.3 is 5.69 Å². The highest BCUT2D eigenvalue weighted by Crippen LogP contribution is 2.17. The van der Waals surface area contributed by atoms with Crippen LogP contribution in [0.1, 0.15) is 10.9 Å². The number of hydrogen-bond acceptors (Lipinski definition) is 2. The molecule has 12 heavy (non-hydrogen) atoms. The van der Waals surface area contributed by atoms with Gasteiger partial charge in [0.1, 0.15) is 0 Å². The molecule has 0 radical (unpaired) electrons. The molecule has 0 aliphatic heterocycles. The van der Waals surface area contributed by atoms with E-state index in [0.29, 0.717) is 9.99 Å². The van der Waals surface area contributed by atoms with Crippen LogP contribution in [-0.4, -0.2) is 14.4 Å². The van der Waals surface area contributed by atoms with Gasteiger partial charge in [0.25, 0.3) is 5.56 Å². The standard InChI is InChI=1S/C6H6ClIN2O2/c7-4(1-8)3-2-9-6(12)10-5(3)11/h2,4H,1H2,(H2,9,10,11,12). The van der Waals surface area contributed by atoms with Crippen LogP contribution in [0.2, 0.25) is 0 Å². The smallest absolute Gasteiger partial charge is 0.314 e. The van der Waals surface area contributed by atoms with Crippen molar-refractivity contribution in [2.24, 2.45) is 0 Å². The molecule has 1 rings (SSSR count). The van der Waals surface area contributed by atoms with Crippen LogP contribution >= 0.6 is 34.2 Å². The molecule has 1 aromatic rings. The molecule has 1 heterocycles. The zero-order chi connectivity index (χ0) is 9.14. The quantitative estimate of drug-likeness (QED) is 0.626. The van der Waals surface area contributed by atoms with Crippen LogP contribution in [0.15, 0.2) is 15.8 Å².